The molecular weight excluding hydrogens is 418 g/mol. The van der Waals surface area contributed by atoms with Gasteiger partial charge in [0.25, 0.3) is 17.5 Å². The van der Waals surface area contributed by atoms with E-state index in [1.807, 2.05) is 24.3 Å². The molecule has 2 amide bonds. The van der Waals surface area contributed by atoms with Crippen LogP contribution in [0.2, 0.25) is 0 Å². The Morgan fingerprint density at radius 1 is 0.879 bits per heavy atom. The van der Waals surface area contributed by atoms with E-state index in [-0.39, 0.29) is 22.9 Å². The smallest absolute Gasteiger partial charge is 0.271 e. The second-order valence-corrected chi connectivity index (χ2v) is 8.92. The number of carbonyl (C=O) groups is 2. The van der Waals surface area contributed by atoms with Crippen molar-refractivity contribution in [3.8, 4) is 0 Å². The molecule has 0 aromatic heterocycles. The van der Waals surface area contributed by atoms with Crippen molar-refractivity contribution in [3.05, 3.63) is 105 Å². The van der Waals surface area contributed by atoms with Crippen molar-refractivity contribution in [1.29, 1.82) is 0 Å². The number of nitro benzene ring substituents is 1. The molecule has 0 aliphatic heterocycles. The summed E-state index contributed by atoms with van der Waals surface area (Å²) in [6, 6.07) is 18.7. The van der Waals surface area contributed by atoms with Crippen LogP contribution in [0.5, 0.6) is 0 Å². The minimum atomic E-state index is -0.503. The third kappa shape index (κ3) is 6.04. The van der Waals surface area contributed by atoms with Gasteiger partial charge in [-0.15, -0.1) is 0 Å². The van der Waals surface area contributed by atoms with E-state index in [4.69, 9.17) is 0 Å². The Hall–Kier alpha value is -4.00. The van der Waals surface area contributed by atoms with Gasteiger partial charge in [0.1, 0.15) is 0 Å². The van der Waals surface area contributed by atoms with Gasteiger partial charge in [-0.3, -0.25) is 19.7 Å². The van der Waals surface area contributed by atoms with E-state index in [0.29, 0.717) is 23.4 Å². The third-order valence-corrected chi connectivity index (χ3v) is 5.36. The minimum absolute atomic E-state index is 0.0248. The van der Waals surface area contributed by atoms with Crippen LogP contribution in [0.3, 0.4) is 0 Å². The molecule has 0 aliphatic rings. The molecule has 0 aliphatic carbocycles. The van der Waals surface area contributed by atoms with Gasteiger partial charge in [0.2, 0.25) is 0 Å². The van der Waals surface area contributed by atoms with E-state index in [1.165, 1.54) is 12.1 Å². The van der Waals surface area contributed by atoms with E-state index in [9.17, 15) is 19.7 Å². The van der Waals surface area contributed by atoms with Crippen molar-refractivity contribution in [2.45, 2.75) is 39.7 Å². The van der Waals surface area contributed by atoms with Gasteiger partial charge in [-0.05, 0) is 53.3 Å². The summed E-state index contributed by atoms with van der Waals surface area (Å²) in [7, 11) is 0. The van der Waals surface area contributed by atoms with E-state index < -0.39 is 4.92 Å². The summed E-state index contributed by atoms with van der Waals surface area (Å²) in [4.78, 5) is 35.5. The first-order valence-corrected chi connectivity index (χ1v) is 10.6. The second kappa shape index (κ2) is 9.65. The first kappa shape index (κ1) is 23.7. The maximum Gasteiger partial charge on any atom is 0.271 e. The number of non-ortho nitro benzene ring substituents is 1. The summed E-state index contributed by atoms with van der Waals surface area (Å²) in [5.41, 5.74) is 4.06. The normalized spacial score (nSPS) is 11.0. The Kier molecular flexibility index (Phi) is 6.92. The number of carbonyl (C=O) groups excluding carboxylic acids is 2. The van der Waals surface area contributed by atoms with Crippen LogP contribution in [-0.4, -0.2) is 16.7 Å². The molecule has 0 saturated carbocycles. The molecule has 33 heavy (non-hydrogen) atoms. The van der Waals surface area contributed by atoms with Gasteiger partial charge >= 0.3 is 0 Å². The van der Waals surface area contributed by atoms with Crippen molar-refractivity contribution < 1.29 is 14.5 Å². The van der Waals surface area contributed by atoms with Gasteiger partial charge in [-0.1, -0.05) is 51.1 Å². The predicted molar refractivity (Wildman–Crippen MR) is 129 cm³/mol. The number of amides is 2. The zero-order valence-corrected chi connectivity index (χ0v) is 19.1. The van der Waals surface area contributed by atoms with Crippen molar-refractivity contribution in [3.63, 3.8) is 0 Å². The molecule has 7 nitrogen and oxygen atoms in total. The molecule has 3 aromatic carbocycles. The van der Waals surface area contributed by atoms with Gasteiger partial charge in [0.15, 0.2) is 0 Å². The quantitative estimate of drug-likeness (QED) is 0.393. The number of nitrogens with zero attached hydrogens (tertiary/aromatic N) is 1. The summed E-state index contributed by atoms with van der Waals surface area (Å²) in [5, 5.41) is 16.6. The molecule has 170 valence electrons. The average molecular weight is 446 g/mol. The average Bonchev–Trinajstić information content (AvgIpc) is 2.78. The van der Waals surface area contributed by atoms with Crippen LogP contribution in [0.1, 0.15) is 58.2 Å². The number of rotatable bonds is 6. The van der Waals surface area contributed by atoms with Crippen molar-refractivity contribution in [1.82, 2.24) is 5.32 Å². The molecule has 3 aromatic rings. The number of anilines is 1. The van der Waals surface area contributed by atoms with Crippen LogP contribution < -0.4 is 10.6 Å². The summed E-state index contributed by atoms with van der Waals surface area (Å²) in [5.74, 6) is -0.536. The minimum Gasteiger partial charge on any atom is -0.348 e. The molecule has 0 heterocycles. The summed E-state index contributed by atoms with van der Waals surface area (Å²) < 4.78 is 0. The van der Waals surface area contributed by atoms with Crippen LogP contribution in [0.15, 0.2) is 66.7 Å². The molecule has 0 atom stereocenters. The Labute approximate surface area is 193 Å². The van der Waals surface area contributed by atoms with Gasteiger partial charge in [0, 0.05) is 29.8 Å². The number of nitro groups is 1. The van der Waals surface area contributed by atoms with E-state index in [1.54, 1.807) is 37.3 Å². The number of nitrogens with one attached hydrogen (secondary N) is 2. The lowest BCUT2D eigenvalue weighted by molar-refractivity contribution is -0.384. The third-order valence-electron chi connectivity index (χ3n) is 5.36. The molecule has 0 saturated heterocycles. The number of hydrogen-bond donors (Lipinski definition) is 2. The lowest BCUT2D eigenvalue weighted by Crippen LogP contribution is -2.23. The fraction of sp³-hybridized carbons (Fsp3) is 0.231. The topological polar surface area (TPSA) is 101 Å². The predicted octanol–water partition coefficient (Wildman–Crippen LogP) is 5.38. The zero-order chi connectivity index (χ0) is 24.2. The second-order valence-electron chi connectivity index (χ2n) is 8.92. The Bertz CT molecular complexity index is 1180. The first-order valence-electron chi connectivity index (χ1n) is 10.6. The van der Waals surface area contributed by atoms with Gasteiger partial charge in [-0.2, -0.15) is 0 Å². The lowest BCUT2D eigenvalue weighted by Gasteiger charge is -2.19. The monoisotopic (exact) mass is 445 g/mol. The van der Waals surface area contributed by atoms with Crippen LogP contribution in [0.4, 0.5) is 11.4 Å². The molecule has 0 radical (unpaired) electrons. The molecule has 0 unspecified atom stereocenters. The molecule has 3 rings (SSSR count). The maximum atomic E-state index is 12.6. The van der Waals surface area contributed by atoms with Crippen molar-refractivity contribution in [2.24, 2.45) is 0 Å². The molecular formula is C26H27N3O4. The summed E-state index contributed by atoms with van der Waals surface area (Å²) in [6.45, 7) is 8.46. The van der Waals surface area contributed by atoms with Crippen molar-refractivity contribution in [2.75, 3.05) is 5.32 Å². The van der Waals surface area contributed by atoms with Gasteiger partial charge in [-0.25, -0.2) is 0 Å². The molecule has 0 fully saturated rings. The maximum absolute atomic E-state index is 12.6. The Morgan fingerprint density at radius 2 is 1.45 bits per heavy atom. The standard InChI is InChI=1S/C26H27N3O4/c1-17-5-14-22(29(32)33)15-23(17)28-25(31)20-8-6-18(7-9-20)16-27-24(30)19-10-12-21(13-11-19)26(2,3)4/h5-15H,16H2,1-4H3,(H,27,30)(H,28,31). The Morgan fingerprint density at radius 3 is 2.03 bits per heavy atom. The zero-order valence-electron chi connectivity index (χ0n) is 19.1. The van der Waals surface area contributed by atoms with Gasteiger partial charge < -0.3 is 10.6 Å². The highest BCUT2D eigenvalue weighted by Crippen LogP contribution is 2.23. The molecule has 0 bridgehead atoms. The molecule has 0 spiro atoms. The van der Waals surface area contributed by atoms with E-state index in [0.717, 1.165) is 16.7 Å². The highest BCUT2D eigenvalue weighted by Gasteiger charge is 2.15. The van der Waals surface area contributed by atoms with E-state index >= 15 is 0 Å². The summed E-state index contributed by atoms with van der Waals surface area (Å²) >= 11 is 0. The number of benzene rings is 3. The van der Waals surface area contributed by atoms with Gasteiger partial charge in [0.05, 0.1) is 10.6 Å². The lowest BCUT2D eigenvalue weighted by atomic mass is 9.87. The van der Waals surface area contributed by atoms with Crippen LogP contribution in [0.25, 0.3) is 0 Å². The number of hydrogen-bond acceptors (Lipinski definition) is 4. The summed E-state index contributed by atoms with van der Waals surface area (Å²) in [6.07, 6.45) is 0. The van der Waals surface area contributed by atoms with Crippen LogP contribution in [-0.2, 0) is 12.0 Å². The highest BCUT2D eigenvalue weighted by atomic mass is 16.6. The Balaban J connectivity index is 1.60. The molecule has 7 heteroatoms. The van der Waals surface area contributed by atoms with Crippen molar-refractivity contribution >= 4 is 23.2 Å². The van der Waals surface area contributed by atoms with E-state index in [2.05, 4.69) is 31.4 Å². The fourth-order valence-corrected chi connectivity index (χ4v) is 3.23. The van der Waals surface area contributed by atoms with Crippen LogP contribution in [0, 0.1) is 17.0 Å². The first-order chi connectivity index (χ1) is 15.5. The molecule has 2 N–H and O–H groups in total. The SMILES string of the molecule is Cc1ccc([N+](=O)[O-])cc1NC(=O)c1ccc(CNC(=O)c2ccc(C(C)(C)C)cc2)cc1. The largest absolute Gasteiger partial charge is 0.348 e. The fourth-order valence-electron chi connectivity index (χ4n) is 3.23. The highest BCUT2D eigenvalue weighted by molar-refractivity contribution is 6.04. The van der Waals surface area contributed by atoms with Crippen LogP contribution >= 0.6 is 0 Å². The number of aryl methyl sites for hydroxylation is 1.